The zero-order valence-electron chi connectivity index (χ0n) is 36.0. The summed E-state index contributed by atoms with van der Waals surface area (Å²) in [5.74, 6) is -2.46. The van der Waals surface area contributed by atoms with Gasteiger partial charge in [-0.15, -0.1) is 0 Å². The van der Waals surface area contributed by atoms with E-state index in [0.29, 0.717) is 40.0 Å². The van der Waals surface area contributed by atoms with Crippen LogP contribution in [0, 0.1) is 5.92 Å². The molecule has 14 nitrogen and oxygen atoms in total. The first-order valence-corrected chi connectivity index (χ1v) is 20.5. The first kappa shape index (κ1) is 46.1. The van der Waals surface area contributed by atoms with Gasteiger partial charge in [0.05, 0.1) is 42.9 Å². The number of hydrogen-bond acceptors (Lipinski definition) is 12. The summed E-state index contributed by atoms with van der Waals surface area (Å²) in [5, 5.41) is 12.6. The standard InChI is InChI=1S/C43H51ClN4O10.C2H6/c1-23-11-9-13-33(55-8)43(53)21-32(56-36(50)22-43)24(2)39-42(4,58-39)34(20-35(49)48(6)30-18-26(17-23)19-31(54-7)37(30)44)57-41(52)25(3)47(5)40(51)28-14-15-29(45)38-27(28)12-10-16-46-38;1-2/h9-16,18-19,24-25,32-34,39,53H,17,20-22,45H2,1-8H3;1-2H3/b13-9+,23-11+;/t24-,25+,32+,33-,34+,39+,42+,43-;/m1./s1. The summed E-state index contributed by atoms with van der Waals surface area (Å²) in [6, 6.07) is 9.07. The number of benzene rings is 2. The van der Waals surface area contributed by atoms with Gasteiger partial charge in [0, 0.05) is 50.7 Å². The maximum Gasteiger partial charge on any atom is 0.328 e. The number of nitrogens with zero attached hydrogens (tertiary/aromatic N) is 3. The second kappa shape index (κ2) is 18.7. The lowest BCUT2D eigenvalue weighted by Gasteiger charge is -2.41. The largest absolute Gasteiger partial charge is 0.495 e. The van der Waals surface area contributed by atoms with Crippen LogP contribution in [0.5, 0.6) is 5.75 Å². The normalized spacial score (nSPS) is 28.8. The minimum Gasteiger partial charge on any atom is -0.495 e. The number of carbonyl (C=O) groups is 4. The number of nitrogens with two attached hydrogens (primary N) is 1. The number of likely N-dealkylation sites (N-methyl/N-ethyl adjacent to an activating group) is 1. The summed E-state index contributed by atoms with van der Waals surface area (Å²) in [6.45, 7) is 11.0. The molecule has 60 heavy (non-hydrogen) atoms. The van der Waals surface area contributed by atoms with Gasteiger partial charge in [-0.25, -0.2) is 4.79 Å². The fourth-order valence-electron chi connectivity index (χ4n) is 8.00. The van der Waals surface area contributed by atoms with Crippen LogP contribution in [0.3, 0.4) is 0 Å². The van der Waals surface area contributed by atoms with Crippen LogP contribution in [0.2, 0.25) is 5.02 Å². The molecule has 324 valence electrons. The van der Waals surface area contributed by atoms with Gasteiger partial charge in [0.2, 0.25) is 5.91 Å². The summed E-state index contributed by atoms with van der Waals surface area (Å²) in [5.41, 5.74) is 6.55. The van der Waals surface area contributed by atoms with Gasteiger partial charge in [-0.3, -0.25) is 19.4 Å². The Kier molecular flexibility index (Phi) is 14.4. The van der Waals surface area contributed by atoms with Crippen LogP contribution in [-0.4, -0.2) is 109 Å². The molecule has 0 radical (unpaired) electrons. The Morgan fingerprint density at radius 1 is 1.17 bits per heavy atom. The number of epoxide rings is 1. The van der Waals surface area contributed by atoms with Gasteiger partial charge in [0.1, 0.15) is 46.3 Å². The van der Waals surface area contributed by atoms with Crippen molar-refractivity contribution in [3.05, 3.63) is 82.5 Å². The van der Waals surface area contributed by atoms with E-state index in [-0.39, 0.29) is 24.3 Å². The Morgan fingerprint density at radius 3 is 2.57 bits per heavy atom. The fraction of sp³-hybridized carbons (Fsp3) is 0.489. The lowest BCUT2D eigenvalue weighted by atomic mass is 9.78. The number of rotatable bonds is 6. The molecule has 0 spiro atoms. The Hall–Kier alpha value is -5.02. The molecule has 3 aromatic rings. The molecule has 15 heteroatoms. The molecule has 2 fully saturated rings. The van der Waals surface area contributed by atoms with Crippen molar-refractivity contribution in [3.63, 3.8) is 0 Å². The van der Waals surface area contributed by atoms with Gasteiger partial charge in [-0.05, 0) is 63.1 Å². The number of esters is 2. The number of methoxy groups -OCH3 is 2. The number of pyridine rings is 1. The molecule has 3 aliphatic heterocycles. The van der Waals surface area contributed by atoms with Crippen molar-refractivity contribution in [1.29, 1.82) is 0 Å². The molecule has 6 rings (SSSR count). The van der Waals surface area contributed by atoms with Crippen molar-refractivity contribution in [3.8, 4) is 5.75 Å². The van der Waals surface area contributed by atoms with E-state index in [4.69, 9.17) is 41.0 Å². The topological polar surface area (TPSA) is 183 Å². The summed E-state index contributed by atoms with van der Waals surface area (Å²) in [6.07, 6.45) is 3.30. The van der Waals surface area contributed by atoms with Crippen molar-refractivity contribution < 1.29 is 48.0 Å². The first-order chi connectivity index (χ1) is 28.4. The smallest absolute Gasteiger partial charge is 0.328 e. The lowest BCUT2D eigenvalue weighted by molar-refractivity contribution is -0.187. The van der Waals surface area contributed by atoms with E-state index in [2.05, 4.69) is 4.98 Å². The number of halogens is 1. The van der Waals surface area contributed by atoms with E-state index in [1.165, 1.54) is 38.0 Å². The monoisotopic (exact) mass is 848 g/mol. The molecule has 3 aliphatic rings. The first-order valence-electron chi connectivity index (χ1n) is 20.1. The predicted octanol–water partition coefficient (Wildman–Crippen LogP) is 6.23. The van der Waals surface area contributed by atoms with Gasteiger partial charge >= 0.3 is 11.9 Å². The highest BCUT2D eigenvalue weighted by Gasteiger charge is 2.64. The zero-order chi connectivity index (χ0) is 44.3. The van der Waals surface area contributed by atoms with Crippen LogP contribution in [0.1, 0.15) is 76.7 Å². The Balaban J connectivity index is 0.00000336. The molecule has 2 amide bonds. The van der Waals surface area contributed by atoms with Gasteiger partial charge in [-0.2, -0.15) is 0 Å². The van der Waals surface area contributed by atoms with Gasteiger partial charge < -0.3 is 44.3 Å². The Morgan fingerprint density at radius 2 is 1.88 bits per heavy atom. The third-order valence-electron chi connectivity index (χ3n) is 11.7. The number of aromatic nitrogens is 1. The second-order valence-corrected chi connectivity index (χ2v) is 16.1. The molecule has 4 bridgehead atoms. The Labute approximate surface area is 356 Å². The lowest BCUT2D eigenvalue weighted by Crippen LogP contribution is -2.53. The Bertz CT molecular complexity index is 2180. The van der Waals surface area contributed by atoms with Gasteiger partial charge in [-0.1, -0.05) is 62.2 Å². The number of allylic oxidation sites excluding steroid dienone is 3. The van der Waals surface area contributed by atoms with E-state index < -0.39 is 71.3 Å². The van der Waals surface area contributed by atoms with E-state index in [1.807, 2.05) is 33.8 Å². The average molecular weight is 849 g/mol. The molecule has 3 N–H and O–H groups in total. The van der Waals surface area contributed by atoms with Crippen LogP contribution < -0.4 is 15.4 Å². The van der Waals surface area contributed by atoms with Crippen molar-refractivity contribution in [1.82, 2.24) is 9.88 Å². The number of fused-ring (bicyclic) bond motifs is 6. The molecular weight excluding hydrogens is 792 g/mol. The highest BCUT2D eigenvalue weighted by Crippen LogP contribution is 2.50. The van der Waals surface area contributed by atoms with Crippen LogP contribution >= 0.6 is 11.6 Å². The van der Waals surface area contributed by atoms with Crippen molar-refractivity contribution in [2.24, 2.45) is 5.92 Å². The number of hydrogen-bond donors (Lipinski definition) is 2. The molecule has 0 aliphatic carbocycles. The SMILES string of the molecule is CC.COc1cc2cc(c1Cl)N(C)C(=O)C[C@H](OC(=O)[C@H](C)N(C)C(=O)c1ccc(N)c3ncccc13)[C@]1(C)O[C@H]1[C@H](C)[C@@H]1C[C@@](O)(CC(=O)O1)[C@H](OC)/C=C/C=C(\C)C2. The summed E-state index contributed by atoms with van der Waals surface area (Å²) in [7, 11) is 6.01. The van der Waals surface area contributed by atoms with E-state index in [0.717, 1.165) is 11.1 Å². The predicted molar refractivity (Wildman–Crippen MR) is 229 cm³/mol. The third-order valence-corrected chi connectivity index (χ3v) is 12.1. The summed E-state index contributed by atoms with van der Waals surface area (Å²) < 4.78 is 29.6. The van der Waals surface area contributed by atoms with Crippen molar-refractivity contribution in [2.75, 3.05) is 38.9 Å². The highest BCUT2D eigenvalue weighted by atomic mass is 35.5. The minimum atomic E-state index is -1.60. The van der Waals surface area contributed by atoms with E-state index >= 15 is 0 Å². The number of carbonyl (C=O) groups excluding carboxylic acids is 4. The van der Waals surface area contributed by atoms with Gasteiger partial charge in [0.15, 0.2) is 0 Å². The minimum absolute atomic E-state index is 0.0386. The van der Waals surface area contributed by atoms with Crippen LogP contribution in [-0.2, 0) is 39.8 Å². The fourth-order valence-corrected chi connectivity index (χ4v) is 8.32. The molecule has 4 heterocycles. The third kappa shape index (κ3) is 9.31. The molecule has 0 saturated carbocycles. The average Bonchev–Trinajstić information content (AvgIpc) is 3.93. The van der Waals surface area contributed by atoms with Crippen LogP contribution in [0.4, 0.5) is 11.4 Å². The van der Waals surface area contributed by atoms with Gasteiger partial charge in [0.25, 0.3) is 5.91 Å². The van der Waals surface area contributed by atoms with Crippen LogP contribution in [0.25, 0.3) is 10.9 Å². The summed E-state index contributed by atoms with van der Waals surface area (Å²) >= 11 is 6.80. The maximum atomic E-state index is 14.3. The second-order valence-electron chi connectivity index (χ2n) is 15.7. The number of ether oxygens (including phenoxy) is 5. The molecule has 8 atom stereocenters. The number of aliphatic hydroxyl groups is 1. The van der Waals surface area contributed by atoms with E-state index in [1.54, 1.807) is 68.7 Å². The molecule has 2 saturated heterocycles. The van der Waals surface area contributed by atoms with Crippen LogP contribution in [0.15, 0.2) is 66.4 Å². The molecular formula is C45H57ClN4O10. The molecule has 1 aromatic heterocycles. The maximum absolute atomic E-state index is 14.3. The number of amides is 2. The highest BCUT2D eigenvalue weighted by molar-refractivity contribution is 6.35. The quantitative estimate of drug-likeness (QED) is 0.162. The zero-order valence-corrected chi connectivity index (χ0v) is 36.7. The van der Waals surface area contributed by atoms with Crippen molar-refractivity contribution >= 4 is 57.6 Å². The van der Waals surface area contributed by atoms with E-state index in [9.17, 15) is 24.3 Å². The number of anilines is 2. The molecule has 0 unspecified atom stereocenters. The summed E-state index contributed by atoms with van der Waals surface area (Å²) in [4.78, 5) is 62.3. The number of nitrogen functional groups attached to an aromatic ring is 1. The van der Waals surface area contributed by atoms with Crippen molar-refractivity contribution in [2.45, 2.75) is 109 Å². The molecule has 2 aromatic carbocycles.